The van der Waals surface area contributed by atoms with Crippen molar-refractivity contribution in [2.45, 2.75) is 0 Å². The molecule has 0 aliphatic heterocycles. The summed E-state index contributed by atoms with van der Waals surface area (Å²) in [6.45, 7) is -1.23. The van der Waals surface area contributed by atoms with E-state index in [9.17, 15) is 19.2 Å². The zero-order valence-electron chi connectivity index (χ0n) is 11.0. The Kier molecular flexibility index (Phi) is 6.33. The van der Waals surface area contributed by atoms with Gasteiger partial charge in [0.15, 0.2) is 0 Å². The summed E-state index contributed by atoms with van der Waals surface area (Å²) < 4.78 is 0. The van der Waals surface area contributed by atoms with Crippen molar-refractivity contribution < 1.29 is 24.3 Å². The predicted octanol–water partition coefficient (Wildman–Crippen LogP) is 0.432. The molecule has 1 aromatic rings. The third-order valence-electron chi connectivity index (χ3n) is 2.34. The van der Waals surface area contributed by atoms with Gasteiger partial charge in [0.2, 0.25) is 6.29 Å². The van der Waals surface area contributed by atoms with E-state index in [0.29, 0.717) is 4.90 Å². The molecular weight excluding hydrogens is 276 g/mol. The fraction of sp³-hybridized carbons (Fsp3) is 0.143. The van der Waals surface area contributed by atoms with Gasteiger partial charge in [0.05, 0.1) is 6.54 Å². The van der Waals surface area contributed by atoms with Crippen LogP contribution in [-0.2, 0) is 14.4 Å². The van der Waals surface area contributed by atoms with Crippen LogP contribution in [0.4, 0.5) is 4.79 Å². The van der Waals surface area contributed by atoms with E-state index in [4.69, 9.17) is 5.11 Å². The number of hydrogen-bond acceptors (Lipinski definition) is 4. The van der Waals surface area contributed by atoms with Crippen LogP contribution in [0.2, 0.25) is 0 Å². The number of amides is 3. The highest BCUT2D eigenvalue weighted by Crippen LogP contribution is 2.02. The number of imide groups is 1. The maximum atomic E-state index is 11.8. The molecule has 0 unspecified atom stereocenters. The first-order chi connectivity index (χ1) is 10.0. The summed E-state index contributed by atoms with van der Waals surface area (Å²) in [5.74, 6) is -2.00. The number of carbonyl (C=O) groups is 3. The lowest BCUT2D eigenvalue weighted by molar-refractivity contribution is -0.136. The molecule has 7 nitrogen and oxygen atoms in total. The summed E-state index contributed by atoms with van der Waals surface area (Å²) in [5, 5.41) is 10.5. The van der Waals surface area contributed by atoms with E-state index in [2.05, 4.69) is 0 Å². The Labute approximate surface area is 120 Å². The van der Waals surface area contributed by atoms with Crippen LogP contribution in [0.15, 0.2) is 36.4 Å². The number of nitrogens with one attached hydrogen (secondary N) is 1. The van der Waals surface area contributed by atoms with Crippen molar-refractivity contribution in [3.05, 3.63) is 42.0 Å². The van der Waals surface area contributed by atoms with E-state index in [1.807, 2.05) is 11.4 Å². The van der Waals surface area contributed by atoms with Gasteiger partial charge in [-0.15, -0.1) is 0 Å². The molecule has 0 bridgehead atoms. The lowest BCUT2D eigenvalue weighted by atomic mass is 10.2. The molecule has 7 heteroatoms. The second-order valence-electron chi connectivity index (χ2n) is 3.87. The van der Waals surface area contributed by atoms with Crippen molar-refractivity contribution in [2.75, 3.05) is 13.1 Å². The second-order valence-corrected chi connectivity index (χ2v) is 3.87. The van der Waals surface area contributed by atoms with Crippen LogP contribution >= 0.6 is 0 Å². The maximum absolute atomic E-state index is 11.8. The van der Waals surface area contributed by atoms with Crippen LogP contribution in [0.25, 0.3) is 6.08 Å². The Morgan fingerprint density at radius 1 is 1.24 bits per heavy atom. The van der Waals surface area contributed by atoms with Crippen molar-refractivity contribution in [1.82, 2.24) is 10.2 Å². The van der Waals surface area contributed by atoms with Crippen LogP contribution in [0.5, 0.6) is 0 Å². The van der Waals surface area contributed by atoms with E-state index >= 15 is 0 Å². The average molecular weight is 289 g/mol. The molecule has 1 aromatic carbocycles. The first-order valence-electron chi connectivity index (χ1n) is 5.94. The number of aliphatic carboxylic acids is 1. The highest BCUT2D eigenvalue weighted by Gasteiger charge is 2.19. The van der Waals surface area contributed by atoms with Crippen molar-refractivity contribution in [2.24, 2.45) is 0 Å². The zero-order chi connectivity index (χ0) is 15.7. The Morgan fingerprint density at radius 3 is 2.48 bits per heavy atom. The lowest BCUT2D eigenvalue weighted by Crippen LogP contribution is -2.45. The van der Waals surface area contributed by atoms with Gasteiger partial charge in [-0.3, -0.25) is 19.3 Å². The summed E-state index contributed by atoms with van der Waals surface area (Å²) in [7, 11) is 0. The minimum absolute atomic E-state index is 0.565. The van der Waals surface area contributed by atoms with Crippen molar-refractivity contribution in [3.8, 4) is 0 Å². The molecule has 0 atom stereocenters. The van der Waals surface area contributed by atoms with E-state index in [1.165, 1.54) is 12.4 Å². The van der Waals surface area contributed by atoms with Crippen LogP contribution in [0.3, 0.4) is 0 Å². The second kappa shape index (κ2) is 8.26. The van der Waals surface area contributed by atoms with E-state index < -0.39 is 31.0 Å². The number of carboxylic acids is 1. The van der Waals surface area contributed by atoms with E-state index in [-0.39, 0.29) is 0 Å². The van der Waals surface area contributed by atoms with Crippen LogP contribution < -0.4 is 5.32 Å². The van der Waals surface area contributed by atoms with Gasteiger partial charge in [-0.05, 0) is 11.6 Å². The molecule has 0 saturated carbocycles. The molecule has 0 aromatic heterocycles. The van der Waals surface area contributed by atoms with Gasteiger partial charge in [0.25, 0.3) is 5.91 Å². The number of urea groups is 1. The topological polar surface area (TPSA) is 104 Å². The molecule has 0 aliphatic carbocycles. The summed E-state index contributed by atoms with van der Waals surface area (Å²) in [6.07, 6.45) is 4.02. The molecule has 0 aliphatic rings. The molecule has 0 spiro atoms. The highest BCUT2D eigenvalue weighted by atomic mass is 16.4. The number of benzene rings is 1. The van der Waals surface area contributed by atoms with E-state index in [0.717, 1.165) is 11.6 Å². The predicted molar refractivity (Wildman–Crippen MR) is 73.9 cm³/mol. The molecule has 2 N–H and O–H groups in total. The Hall–Kier alpha value is -2.96. The summed E-state index contributed by atoms with van der Waals surface area (Å²) in [4.78, 5) is 44.8. The number of carboxylic acid groups (broad SMARTS) is 1. The van der Waals surface area contributed by atoms with Crippen molar-refractivity contribution in [3.63, 3.8) is 0 Å². The quantitative estimate of drug-likeness (QED) is 0.739. The van der Waals surface area contributed by atoms with Crippen LogP contribution in [0.1, 0.15) is 5.56 Å². The molecular formula is C14H13N2O5. The van der Waals surface area contributed by atoms with Gasteiger partial charge in [-0.25, -0.2) is 4.79 Å². The molecule has 0 saturated heterocycles. The number of carbonyl (C=O) groups excluding carboxylic acids is 3. The van der Waals surface area contributed by atoms with Gasteiger partial charge < -0.3 is 10.4 Å². The van der Waals surface area contributed by atoms with Gasteiger partial charge in [-0.1, -0.05) is 30.3 Å². The van der Waals surface area contributed by atoms with Crippen molar-refractivity contribution in [1.29, 1.82) is 0 Å². The smallest absolute Gasteiger partial charge is 0.325 e. The number of nitrogens with zero attached hydrogens (tertiary/aromatic N) is 1. The average Bonchev–Trinajstić information content (AvgIpc) is 2.49. The summed E-state index contributed by atoms with van der Waals surface area (Å²) >= 11 is 0. The molecule has 0 heterocycles. The molecule has 3 amide bonds. The molecule has 1 radical (unpaired) electrons. The van der Waals surface area contributed by atoms with Crippen LogP contribution in [0, 0.1) is 0 Å². The normalized spacial score (nSPS) is 10.1. The first kappa shape index (κ1) is 16.1. The fourth-order valence-electron chi connectivity index (χ4n) is 1.38. The zero-order valence-corrected chi connectivity index (χ0v) is 11.0. The lowest BCUT2D eigenvalue weighted by Gasteiger charge is -2.16. The first-order valence-corrected chi connectivity index (χ1v) is 5.94. The molecule has 1 rings (SSSR count). The number of hydrogen-bond donors (Lipinski definition) is 2. The SMILES string of the molecule is O=[C]CN(C(=O)/C=C/c1ccccc1)C(=O)NCC(=O)O. The number of rotatable bonds is 6. The van der Waals surface area contributed by atoms with Crippen molar-refractivity contribution >= 4 is 30.3 Å². The third-order valence-corrected chi connectivity index (χ3v) is 2.34. The largest absolute Gasteiger partial charge is 0.480 e. The van der Waals surface area contributed by atoms with Gasteiger partial charge in [0, 0.05) is 6.08 Å². The van der Waals surface area contributed by atoms with Gasteiger partial charge in [0.1, 0.15) is 6.54 Å². The Bertz CT molecular complexity index is 554. The minimum Gasteiger partial charge on any atom is -0.480 e. The van der Waals surface area contributed by atoms with Crippen LogP contribution in [-0.4, -0.2) is 47.3 Å². The summed E-state index contributed by atoms with van der Waals surface area (Å²) in [6, 6.07) is 7.91. The third kappa shape index (κ3) is 5.68. The minimum atomic E-state index is -1.26. The monoisotopic (exact) mass is 289 g/mol. The Morgan fingerprint density at radius 2 is 1.90 bits per heavy atom. The highest BCUT2D eigenvalue weighted by molar-refractivity contribution is 6.03. The molecule has 109 valence electrons. The summed E-state index contributed by atoms with van der Waals surface area (Å²) in [5.41, 5.74) is 0.742. The fourth-order valence-corrected chi connectivity index (χ4v) is 1.38. The van der Waals surface area contributed by atoms with Gasteiger partial charge >= 0.3 is 12.0 Å². The standard InChI is InChI=1S/C14H13N2O5/c17-9-8-16(14(21)15-10-13(19)20)12(18)7-6-11-4-2-1-3-5-11/h1-7H,8,10H2,(H,15,21)(H,19,20)/b7-6+. The Balaban J connectivity index is 2.73. The van der Waals surface area contributed by atoms with E-state index in [1.54, 1.807) is 24.3 Å². The maximum Gasteiger partial charge on any atom is 0.325 e. The van der Waals surface area contributed by atoms with Gasteiger partial charge in [-0.2, -0.15) is 0 Å². The molecule has 21 heavy (non-hydrogen) atoms. The molecule has 0 fully saturated rings.